The number of hydrogen-bond acceptors (Lipinski definition) is 5. The Balaban J connectivity index is 4.23. The van der Waals surface area contributed by atoms with Crippen molar-refractivity contribution in [2.45, 2.75) is 33.0 Å². The molecule has 0 N–H and O–H groups in total. The number of rotatable bonds is 5. The third-order valence-electron chi connectivity index (χ3n) is 1.61. The van der Waals surface area contributed by atoms with Crippen molar-refractivity contribution in [2.24, 2.45) is 0 Å². The van der Waals surface area contributed by atoms with Gasteiger partial charge in [0, 0.05) is 13.3 Å². The maximum Gasteiger partial charge on any atom is 0.336 e. The molecule has 0 saturated carbocycles. The van der Waals surface area contributed by atoms with Crippen molar-refractivity contribution < 1.29 is 23.4 Å². The molecule has 0 spiro atoms. The van der Waals surface area contributed by atoms with Gasteiger partial charge < -0.3 is 9.26 Å². The molecule has 2 atom stereocenters. The van der Waals surface area contributed by atoms with Crippen LogP contribution >= 0.6 is 7.37 Å². The SMILES string of the molecule is CC(=O)[C@@H](C)OC(=O)[C@H](C)OP(C)(C)=O. The van der Waals surface area contributed by atoms with Crippen molar-refractivity contribution in [1.82, 2.24) is 0 Å². The largest absolute Gasteiger partial charge is 0.453 e. The van der Waals surface area contributed by atoms with Gasteiger partial charge in [-0.15, -0.1) is 0 Å². The molecule has 0 amide bonds. The summed E-state index contributed by atoms with van der Waals surface area (Å²) in [4.78, 5) is 22.1. The van der Waals surface area contributed by atoms with Gasteiger partial charge in [-0.25, -0.2) is 4.79 Å². The molecule has 0 fully saturated rings. The summed E-state index contributed by atoms with van der Waals surface area (Å²) in [5, 5.41) is 0. The van der Waals surface area contributed by atoms with E-state index in [-0.39, 0.29) is 5.78 Å². The monoisotopic (exact) mass is 236 g/mol. The summed E-state index contributed by atoms with van der Waals surface area (Å²) in [6, 6.07) is 0. The molecule has 0 aromatic heterocycles. The fraction of sp³-hybridized carbons (Fsp3) is 0.778. The van der Waals surface area contributed by atoms with Gasteiger partial charge in [-0.2, -0.15) is 0 Å². The lowest BCUT2D eigenvalue weighted by Crippen LogP contribution is -2.29. The summed E-state index contributed by atoms with van der Waals surface area (Å²) in [6.07, 6.45) is -1.72. The molecule has 0 heterocycles. The first kappa shape index (κ1) is 14.3. The number of esters is 1. The van der Waals surface area contributed by atoms with Gasteiger partial charge >= 0.3 is 5.97 Å². The van der Waals surface area contributed by atoms with E-state index in [1.165, 1.54) is 34.1 Å². The average molecular weight is 236 g/mol. The van der Waals surface area contributed by atoms with Crippen molar-refractivity contribution in [2.75, 3.05) is 13.3 Å². The minimum atomic E-state index is -2.73. The Bertz CT molecular complexity index is 293. The van der Waals surface area contributed by atoms with Crippen LogP contribution in [0.4, 0.5) is 0 Å². The molecule has 0 saturated heterocycles. The Morgan fingerprint density at radius 2 is 1.60 bits per heavy atom. The molecule has 0 aromatic rings. The molecule has 5 nitrogen and oxygen atoms in total. The van der Waals surface area contributed by atoms with Crippen molar-refractivity contribution >= 4 is 19.1 Å². The van der Waals surface area contributed by atoms with Gasteiger partial charge in [-0.3, -0.25) is 9.36 Å². The van der Waals surface area contributed by atoms with E-state index in [0.29, 0.717) is 0 Å². The molecule has 0 aliphatic carbocycles. The molecular weight excluding hydrogens is 219 g/mol. The Kier molecular flexibility index (Phi) is 5.18. The number of carbonyl (C=O) groups is 2. The molecule has 6 heteroatoms. The van der Waals surface area contributed by atoms with Gasteiger partial charge in [-0.1, -0.05) is 0 Å². The molecule has 0 radical (unpaired) electrons. The van der Waals surface area contributed by atoms with Crippen molar-refractivity contribution in [3.05, 3.63) is 0 Å². The average Bonchev–Trinajstić information content (AvgIpc) is 2.00. The van der Waals surface area contributed by atoms with Gasteiger partial charge in [-0.05, 0) is 20.8 Å². The highest BCUT2D eigenvalue weighted by molar-refractivity contribution is 7.57. The highest BCUT2D eigenvalue weighted by Crippen LogP contribution is 2.38. The minimum absolute atomic E-state index is 0.244. The van der Waals surface area contributed by atoms with Gasteiger partial charge in [0.25, 0.3) is 0 Å². The van der Waals surface area contributed by atoms with Crippen molar-refractivity contribution in [1.29, 1.82) is 0 Å². The maximum absolute atomic E-state index is 11.3. The quantitative estimate of drug-likeness (QED) is 0.533. The number of Topliss-reactive ketones (excluding diaryl/α,β-unsaturated/α-hetero) is 1. The minimum Gasteiger partial charge on any atom is -0.453 e. The third-order valence-corrected chi connectivity index (χ3v) is 2.43. The standard InChI is InChI=1S/C9H17O5P/c1-6(10)7(2)13-9(11)8(3)14-15(4,5)12/h7-8H,1-5H3/t7-,8+/m1/s1. The first-order valence-electron chi connectivity index (χ1n) is 4.58. The van der Waals surface area contributed by atoms with Gasteiger partial charge in [0.2, 0.25) is 0 Å². The van der Waals surface area contributed by atoms with Crippen LogP contribution in [0.1, 0.15) is 20.8 Å². The Labute approximate surface area is 89.6 Å². The second-order valence-electron chi connectivity index (χ2n) is 3.69. The topological polar surface area (TPSA) is 69.7 Å². The van der Waals surface area contributed by atoms with E-state index < -0.39 is 25.5 Å². The van der Waals surface area contributed by atoms with Gasteiger partial charge in [0.05, 0.1) is 0 Å². The number of ether oxygens (including phenoxy) is 1. The first-order chi connectivity index (χ1) is 6.63. The fourth-order valence-corrected chi connectivity index (χ4v) is 1.62. The second kappa shape index (κ2) is 5.42. The highest BCUT2D eigenvalue weighted by atomic mass is 31.2. The van der Waals surface area contributed by atoms with E-state index in [1.54, 1.807) is 0 Å². The molecular formula is C9H17O5P. The lowest BCUT2D eigenvalue weighted by Gasteiger charge is -2.17. The van der Waals surface area contributed by atoms with Crippen LogP contribution < -0.4 is 0 Å². The van der Waals surface area contributed by atoms with E-state index in [9.17, 15) is 14.2 Å². The van der Waals surface area contributed by atoms with Crippen LogP contribution in [0.25, 0.3) is 0 Å². The molecule has 88 valence electrons. The summed E-state index contributed by atoms with van der Waals surface area (Å²) in [5.74, 6) is -0.923. The molecule has 0 bridgehead atoms. The summed E-state index contributed by atoms with van der Waals surface area (Å²) in [7, 11) is -2.73. The normalized spacial score (nSPS) is 15.5. The van der Waals surface area contributed by atoms with Crippen molar-refractivity contribution in [3.63, 3.8) is 0 Å². The lowest BCUT2D eigenvalue weighted by molar-refractivity contribution is -0.159. The molecule has 0 aromatic carbocycles. The van der Waals surface area contributed by atoms with Crippen LogP contribution in [-0.2, 0) is 23.4 Å². The van der Waals surface area contributed by atoms with E-state index in [4.69, 9.17) is 9.26 Å². The number of hydrogen-bond donors (Lipinski definition) is 0. The fourth-order valence-electron chi connectivity index (χ4n) is 0.777. The van der Waals surface area contributed by atoms with Crippen LogP contribution in [0, 0.1) is 0 Å². The molecule has 0 aliphatic heterocycles. The zero-order chi connectivity index (χ0) is 12.2. The predicted octanol–water partition coefficient (Wildman–Crippen LogP) is 1.45. The molecule has 0 aliphatic rings. The van der Waals surface area contributed by atoms with E-state index in [1.807, 2.05) is 0 Å². The molecule has 0 unspecified atom stereocenters. The predicted molar refractivity (Wildman–Crippen MR) is 56.2 cm³/mol. The second-order valence-corrected chi connectivity index (χ2v) is 6.40. The Morgan fingerprint density at radius 1 is 1.13 bits per heavy atom. The first-order valence-corrected chi connectivity index (χ1v) is 7.09. The zero-order valence-electron chi connectivity index (χ0n) is 9.64. The van der Waals surface area contributed by atoms with Crippen molar-refractivity contribution in [3.8, 4) is 0 Å². The van der Waals surface area contributed by atoms with Crippen LogP contribution in [-0.4, -0.2) is 37.3 Å². The van der Waals surface area contributed by atoms with Gasteiger partial charge in [0.1, 0.15) is 0 Å². The lowest BCUT2D eigenvalue weighted by atomic mass is 10.3. The highest BCUT2D eigenvalue weighted by Gasteiger charge is 2.24. The third kappa shape index (κ3) is 6.42. The van der Waals surface area contributed by atoms with E-state index in [0.717, 1.165) is 0 Å². The van der Waals surface area contributed by atoms with Crippen LogP contribution in [0.3, 0.4) is 0 Å². The van der Waals surface area contributed by atoms with Crippen LogP contribution in [0.2, 0.25) is 0 Å². The van der Waals surface area contributed by atoms with Crippen LogP contribution in [0.5, 0.6) is 0 Å². The van der Waals surface area contributed by atoms with Gasteiger partial charge in [0.15, 0.2) is 25.4 Å². The van der Waals surface area contributed by atoms with E-state index in [2.05, 4.69) is 0 Å². The van der Waals surface area contributed by atoms with E-state index >= 15 is 0 Å². The Hall–Kier alpha value is -0.670. The maximum atomic E-state index is 11.3. The molecule has 15 heavy (non-hydrogen) atoms. The molecule has 0 rings (SSSR count). The number of ketones is 1. The summed E-state index contributed by atoms with van der Waals surface area (Å²) in [5.41, 5.74) is 0. The summed E-state index contributed by atoms with van der Waals surface area (Å²) < 4.78 is 21.0. The summed E-state index contributed by atoms with van der Waals surface area (Å²) >= 11 is 0. The number of carbonyl (C=O) groups excluding carboxylic acids is 2. The van der Waals surface area contributed by atoms with Crippen LogP contribution in [0.15, 0.2) is 0 Å². The zero-order valence-corrected chi connectivity index (χ0v) is 10.5. The summed E-state index contributed by atoms with van der Waals surface area (Å²) in [6.45, 7) is 7.06. The smallest absolute Gasteiger partial charge is 0.336 e. The Morgan fingerprint density at radius 3 is 1.93 bits per heavy atom.